The van der Waals surface area contributed by atoms with E-state index in [1.807, 2.05) is 12.1 Å². The number of hydrogen-bond donors (Lipinski definition) is 2. The molecule has 0 bridgehead atoms. The highest BCUT2D eigenvalue weighted by Gasteiger charge is 2.18. The van der Waals surface area contributed by atoms with Crippen LogP contribution in [0.1, 0.15) is 37.3 Å². The van der Waals surface area contributed by atoms with Gasteiger partial charge in [-0.25, -0.2) is 0 Å². The van der Waals surface area contributed by atoms with Crippen molar-refractivity contribution in [1.29, 1.82) is 0 Å². The Morgan fingerprint density at radius 3 is 3.06 bits per heavy atom. The lowest BCUT2D eigenvalue weighted by Gasteiger charge is -2.24. The van der Waals surface area contributed by atoms with Gasteiger partial charge in [-0.2, -0.15) is 0 Å². The maximum Gasteiger partial charge on any atom is 0.227 e. The van der Waals surface area contributed by atoms with E-state index in [1.54, 1.807) is 0 Å². The molecule has 2 N–H and O–H groups in total. The van der Waals surface area contributed by atoms with Crippen LogP contribution >= 0.6 is 0 Å². The molecular formula is C14H18N2O2. The highest BCUT2D eigenvalue weighted by Crippen LogP contribution is 2.32. The second-order valence-electron chi connectivity index (χ2n) is 4.90. The minimum Gasteiger partial charge on any atom is -0.491 e. The summed E-state index contributed by atoms with van der Waals surface area (Å²) in [5.41, 5.74) is 2.04. The summed E-state index contributed by atoms with van der Waals surface area (Å²) in [6, 6.07) is 6.51. The SMILES string of the molecule is O=C1CCOc2ccc(C3CCCCN3)cc2N1. The van der Waals surface area contributed by atoms with Gasteiger partial charge >= 0.3 is 0 Å². The van der Waals surface area contributed by atoms with E-state index in [4.69, 9.17) is 4.74 Å². The first-order valence-electron chi connectivity index (χ1n) is 6.63. The average Bonchev–Trinajstić information content (AvgIpc) is 2.59. The maximum atomic E-state index is 11.5. The first kappa shape index (κ1) is 11.5. The topological polar surface area (TPSA) is 50.4 Å². The smallest absolute Gasteiger partial charge is 0.227 e. The predicted molar refractivity (Wildman–Crippen MR) is 69.8 cm³/mol. The number of nitrogens with one attached hydrogen (secondary N) is 2. The van der Waals surface area contributed by atoms with Crippen molar-refractivity contribution >= 4 is 11.6 Å². The molecule has 1 unspecified atom stereocenters. The van der Waals surface area contributed by atoms with Crippen LogP contribution in [0.5, 0.6) is 5.75 Å². The molecule has 0 aromatic heterocycles. The second-order valence-corrected chi connectivity index (χ2v) is 4.90. The van der Waals surface area contributed by atoms with Gasteiger partial charge in [-0.1, -0.05) is 12.5 Å². The fourth-order valence-corrected chi connectivity index (χ4v) is 2.59. The summed E-state index contributed by atoms with van der Waals surface area (Å²) in [6.45, 7) is 1.53. The Labute approximate surface area is 107 Å². The second kappa shape index (κ2) is 4.98. The standard InChI is InChI=1S/C14H18N2O2/c17-14-6-8-18-13-5-4-10(9-12(13)16-14)11-3-1-2-7-15-11/h4-5,9,11,15H,1-3,6-8H2,(H,16,17). The van der Waals surface area contributed by atoms with E-state index in [1.165, 1.54) is 18.4 Å². The highest BCUT2D eigenvalue weighted by atomic mass is 16.5. The number of rotatable bonds is 1. The molecule has 1 atom stereocenters. The third-order valence-corrected chi connectivity index (χ3v) is 3.58. The summed E-state index contributed by atoms with van der Waals surface area (Å²) >= 11 is 0. The number of fused-ring (bicyclic) bond motifs is 1. The number of amides is 1. The maximum absolute atomic E-state index is 11.5. The van der Waals surface area contributed by atoms with Crippen molar-refractivity contribution in [3.05, 3.63) is 23.8 Å². The summed E-state index contributed by atoms with van der Waals surface area (Å²) in [5.74, 6) is 0.808. The molecule has 0 saturated carbocycles. The van der Waals surface area contributed by atoms with Crippen LogP contribution in [-0.2, 0) is 4.79 Å². The monoisotopic (exact) mass is 246 g/mol. The molecule has 2 heterocycles. The van der Waals surface area contributed by atoms with Gasteiger partial charge in [-0.15, -0.1) is 0 Å². The molecule has 3 rings (SSSR count). The number of benzene rings is 1. The molecule has 4 nitrogen and oxygen atoms in total. The van der Waals surface area contributed by atoms with Crippen LogP contribution in [0.4, 0.5) is 5.69 Å². The van der Waals surface area contributed by atoms with E-state index in [-0.39, 0.29) is 5.91 Å². The number of carbonyl (C=O) groups is 1. The highest BCUT2D eigenvalue weighted by molar-refractivity contribution is 5.93. The van der Waals surface area contributed by atoms with E-state index < -0.39 is 0 Å². The molecule has 4 heteroatoms. The van der Waals surface area contributed by atoms with Crippen LogP contribution in [0.25, 0.3) is 0 Å². The van der Waals surface area contributed by atoms with Gasteiger partial charge in [-0.05, 0) is 37.1 Å². The summed E-state index contributed by atoms with van der Waals surface area (Å²) in [5, 5.41) is 6.43. The first-order valence-corrected chi connectivity index (χ1v) is 6.63. The number of anilines is 1. The van der Waals surface area contributed by atoms with Crippen LogP contribution in [-0.4, -0.2) is 19.1 Å². The molecule has 0 spiro atoms. The molecule has 2 aliphatic rings. The Hall–Kier alpha value is -1.55. The molecular weight excluding hydrogens is 228 g/mol. The normalized spacial score (nSPS) is 23.6. The van der Waals surface area contributed by atoms with Crippen molar-refractivity contribution in [2.45, 2.75) is 31.7 Å². The molecule has 96 valence electrons. The fraction of sp³-hybridized carbons (Fsp3) is 0.500. The zero-order chi connectivity index (χ0) is 12.4. The van der Waals surface area contributed by atoms with E-state index in [0.717, 1.165) is 24.4 Å². The van der Waals surface area contributed by atoms with Crippen molar-refractivity contribution in [3.8, 4) is 5.75 Å². The van der Waals surface area contributed by atoms with Crippen molar-refractivity contribution in [1.82, 2.24) is 5.32 Å². The summed E-state index contributed by atoms with van der Waals surface area (Å²) in [6.07, 6.45) is 4.10. The van der Waals surface area contributed by atoms with Gasteiger partial charge in [0.1, 0.15) is 5.75 Å². The fourth-order valence-electron chi connectivity index (χ4n) is 2.59. The Morgan fingerprint density at radius 2 is 2.22 bits per heavy atom. The Balaban J connectivity index is 1.86. The molecule has 1 saturated heterocycles. The van der Waals surface area contributed by atoms with Gasteiger partial charge in [0.25, 0.3) is 0 Å². The zero-order valence-corrected chi connectivity index (χ0v) is 10.4. The van der Waals surface area contributed by atoms with Crippen LogP contribution in [0.2, 0.25) is 0 Å². The lowest BCUT2D eigenvalue weighted by Crippen LogP contribution is -2.26. The van der Waals surface area contributed by atoms with Crippen molar-refractivity contribution in [3.63, 3.8) is 0 Å². The quantitative estimate of drug-likeness (QED) is 0.799. The van der Waals surface area contributed by atoms with Crippen LogP contribution in [0.3, 0.4) is 0 Å². The summed E-state index contributed by atoms with van der Waals surface area (Å²) in [7, 11) is 0. The van der Waals surface area contributed by atoms with Gasteiger partial charge in [0, 0.05) is 6.04 Å². The average molecular weight is 246 g/mol. The van der Waals surface area contributed by atoms with Gasteiger partial charge in [0.05, 0.1) is 18.7 Å². The summed E-state index contributed by atoms with van der Waals surface area (Å²) < 4.78 is 5.56. The van der Waals surface area contributed by atoms with Crippen LogP contribution < -0.4 is 15.4 Å². The largest absolute Gasteiger partial charge is 0.491 e. The third kappa shape index (κ3) is 2.34. The Morgan fingerprint density at radius 1 is 1.28 bits per heavy atom. The lowest BCUT2D eigenvalue weighted by molar-refractivity contribution is -0.116. The zero-order valence-electron chi connectivity index (χ0n) is 10.4. The van der Waals surface area contributed by atoms with Gasteiger partial charge < -0.3 is 15.4 Å². The van der Waals surface area contributed by atoms with E-state index in [9.17, 15) is 4.79 Å². The van der Waals surface area contributed by atoms with E-state index >= 15 is 0 Å². The number of carbonyl (C=O) groups excluding carboxylic acids is 1. The molecule has 0 aliphatic carbocycles. The lowest BCUT2D eigenvalue weighted by atomic mass is 9.97. The Kier molecular flexibility index (Phi) is 3.19. The number of hydrogen-bond acceptors (Lipinski definition) is 3. The van der Waals surface area contributed by atoms with Crippen LogP contribution in [0.15, 0.2) is 18.2 Å². The minimum atomic E-state index is 0.0301. The minimum absolute atomic E-state index is 0.0301. The van der Waals surface area contributed by atoms with Gasteiger partial charge in [0.15, 0.2) is 0 Å². The third-order valence-electron chi connectivity index (χ3n) is 3.58. The molecule has 1 amide bonds. The predicted octanol–water partition coefficient (Wildman–Crippen LogP) is 2.22. The number of piperidine rings is 1. The first-order chi connectivity index (χ1) is 8.83. The van der Waals surface area contributed by atoms with Crippen molar-refractivity contribution in [2.75, 3.05) is 18.5 Å². The van der Waals surface area contributed by atoms with Gasteiger partial charge in [-0.3, -0.25) is 4.79 Å². The molecule has 1 aromatic carbocycles. The molecule has 0 radical (unpaired) electrons. The summed E-state index contributed by atoms with van der Waals surface area (Å²) in [4.78, 5) is 11.5. The molecule has 18 heavy (non-hydrogen) atoms. The number of ether oxygens (including phenoxy) is 1. The van der Waals surface area contributed by atoms with Crippen molar-refractivity contribution < 1.29 is 9.53 Å². The van der Waals surface area contributed by atoms with Crippen LogP contribution in [0, 0.1) is 0 Å². The van der Waals surface area contributed by atoms with E-state index in [0.29, 0.717) is 19.1 Å². The molecule has 1 aromatic rings. The van der Waals surface area contributed by atoms with Crippen molar-refractivity contribution in [2.24, 2.45) is 0 Å². The Bertz CT molecular complexity index is 453. The van der Waals surface area contributed by atoms with Gasteiger partial charge in [0.2, 0.25) is 5.91 Å². The van der Waals surface area contributed by atoms with E-state index in [2.05, 4.69) is 16.7 Å². The molecule has 2 aliphatic heterocycles. The molecule has 1 fully saturated rings.